The molecule has 0 fully saturated rings. The number of Topliss-reactive ketones (excluding diaryl/α,β-unsaturated/α-hetero) is 1. The summed E-state index contributed by atoms with van der Waals surface area (Å²) in [6.07, 6.45) is 0.532. The number of aromatic nitrogens is 2. The number of aryl methyl sites for hydroxylation is 1. The van der Waals surface area contributed by atoms with Gasteiger partial charge in [0.15, 0.2) is 5.78 Å². The van der Waals surface area contributed by atoms with Crippen molar-refractivity contribution in [1.29, 1.82) is 0 Å². The minimum atomic E-state index is -0.629. The Bertz CT molecular complexity index is 811. The zero-order chi connectivity index (χ0) is 19.4. The molecule has 0 spiro atoms. The molecule has 144 valence electrons. The van der Waals surface area contributed by atoms with Crippen molar-refractivity contribution in [2.45, 2.75) is 45.4 Å². The largest absolute Gasteiger partial charge is 0.497 e. The normalized spacial score (nSPS) is 15.0. The molecule has 1 atom stereocenters. The molecule has 1 aliphatic rings. The minimum Gasteiger partial charge on any atom is -0.497 e. The van der Waals surface area contributed by atoms with Gasteiger partial charge in [-0.2, -0.15) is 5.10 Å². The lowest BCUT2D eigenvalue weighted by Gasteiger charge is -2.19. The van der Waals surface area contributed by atoms with Crippen molar-refractivity contribution < 1.29 is 19.4 Å². The number of ketones is 1. The fraction of sp³-hybridized carbons (Fsp3) is 0.450. The average Bonchev–Trinajstić information content (AvgIpc) is 2.98. The number of amides is 1. The van der Waals surface area contributed by atoms with Crippen molar-refractivity contribution in [3.05, 3.63) is 47.3 Å². The number of hydrogen-bond acceptors (Lipinski definition) is 5. The molecule has 1 unspecified atom stereocenters. The lowest BCUT2D eigenvalue weighted by molar-refractivity contribution is -0.131. The van der Waals surface area contributed by atoms with Gasteiger partial charge in [0, 0.05) is 31.5 Å². The van der Waals surface area contributed by atoms with E-state index in [0.29, 0.717) is 30.1 Å². The first kappa shape index (κ1) is 19.1. The fourth-order valence-corrected chi connectivity index (χ4v) is 3.20. The van der Waals surface area contributed by atoms with Gasteiger partial charge in [-0.15, -0.1) is 0 Å². The van der Waals surface area contributed by atoms with E-state index in [0.717, 1.165) is 18.7 Å². The molecular formula is C20H25N3O4. The smallest absolute Gasteiger partial charge is 0.223 e. The molecule has 27 heavy (non-hydrogen) atoms. The summed E-state index contributed by atoms with van der Waals surface area (Å²) in [5.74, 6) is 0.604. The molecule has 1 aromatic heterocycles. The fourth-order valence-electron chi connectivity index (χ4n) is 3.20. The van der Waals surface area contributed by atoms with Crippen molar-refractivity contribution in [2.75, 3.05) is 13.7 Å². The molecule has 0 radical (unpaired) electrons. The highest BCUT2D eigenvalue weighted by Gasteiger charge is 2.22. The Hall–Kier alpha value is -2.67. The van der Waals surface area contributed by atoms with E-state index in [-0.39, 0.29) is 24.5 Å². The number of rotatable bonds is 6. The van der Waals surface area contributed by atoms with Gasteiger partial charge in [-0.3, -0.25) is 14.3 Å². The lowest BCUT2D eigenvalue weighted by atomic mass is 10.1. The minimum absolute atomic E-state index is 0.0369. The van der Waals surface area contributed by atoms with Crippen LogP contribution in [-0.4, -0.2) is 45.1 Å². The topological polar surface area (TPSA) is 84.7 Å². The van der Waals surface area contributed by atoms with Gasteiger partial charge < -0.3 is 14.7 Å². The Morgan fingerprint density at radius 1 is 1.22 bits per heavy atom. The van der Waals surface area contributed by atoms with Crippen LogP contribution >= 0.6 is 0 Å². The van der Waals surface area contributed by atoms with Crippen LogP contribution in [0.5, 0.6) is 5.75 Å². The molecule has 1 N–H and O–H groups in total. The number of aliphatic hydroxyl groups excluding tert-OH is 1. The Kier molecular flexibility index (Phi) is 5.91. The third-order valence-electron chi connectivity index (χ3n) is 4.79. The second kappa shape index (κ2) is 8.35. The maximum absolute atomic E-state index is 12.6. The number of ether oxygens (including phenoxy) is 1. The van der Waals surface area contributed by atoms with Crippen molar-refractivity contribution in [3.63, 3.8) is 0 Å². The van der Waals surface area contributed by atoms with Gasteiger partial charge in [0.05, 0.1) is 31.1 Å². The number of fused-ring (bicyclic) bond motifs is 1. The maximum atomic E-state index is 12.6. The molecule has 7 heteroatoms. The van der Waals surface area contributed by atoms with E-state index in [1.807, 2.05) is 10.7 Å². The standard InChI is InChI=1S/C20H25N3O4/c1-14(24)18-12-16-13-22(10-3-11-23(16)21-18)20(26)9-8-19(25)15-4-6-17(27-2)7-5-15/h4-7,12,14,24H,3,8-11,13H2,1-2H3. The van der Waals surface area contributed by atoms with Gasteiger partial charge in [-0.25, -0.2) is 0 Å². The van der Waals surface area contributed by atoms with Crippen LogP contribution in [0.3, 0.4) is 0 Å². The first-order chi connectivity index (χ1) is 13.0. The quantitative estimate of drug-likeness (QED) is 0.788. The van der Waals surface area contributed by atoms with Gasteiger partial charge in [0.2, 0.25) is 5.91 Å². The molecule has 1 aliphatic heterocycles. The highest BCUT2D eigenvalue weighted by molar-refractivity contribution is 5.98. The number of benzene rings is 1. The third kappa shape index (κ3) is 4.54. The molecule has 0 aliphatic carbocycles. The van der Waals surface area contributed by atoms with E-state index in [4.69, 9.17) is 4.74 Å². The summed E-state index contributed by atoms with van der Waals surface area (Å²) in [4.78, 5) is 26.7. The molecule has 0 bridgehead atoms. The number of carbonyl (C=O) groups excluding carboxylic acids is 2. The monoisotopic (exact) mass is 371 g/mol. The summed E-state index contributed by atoms with van der Waals surface area (Å²) >= 11 is 0. The molecule has 1 aromatic carbocycles. The second-order valence-corrected chi connectivity index (χ2v) is 6.78. The van der Waals surface area contributed by atoms with E-state index in [9.17, 15) is 14.7 Å². The molecule has 2 aromatic rings. The lowest BCUT2D eigenvalue weighted by Crippen LogP contribution is -2.30. The molecule has 3 rings (SSSR count). The summed E-state index contributed by atoms with van der Waals surface area (Å²) in [5.41, 5.74) is 2.12. The Morgan fingerprint density at radius 2 is 1.96 bits per heavy atom. The van der Waals surface area contributed by atoms with Crippen molar-refractivity contribution in [2.24, 2.45) is 0 Å². The van der Waals surface area contributed by atoms with Crippen LogP contribution in [-0.2, 0) is 17.9 Å². The number of methoxy groups -OCH3 is 1. The van der Waals surface area contributed by atoms with Crippen molar-refractivity contribution in [1.82, 2.24) is 14.7 Å². The van der Waals surface area contributed by atoms with Crippen LogP contribution in [0.2, 0.25) is 0 Å². The Labute approximate surface area is 158 Å². The van der Waals surface area contributed by atoms with E-state index in [1.54, 1.807) is 43.2 Å². The number of aliphatic hydroxyl groups is 1. The van der Waals surface area contributed by atoms with Gasteiger partial charge in [-0.05, 0) is 43.7 Å². The predicted octanol–water partition coefficient (Wildman–Crippen LogP) is 2.34. The summed E-state index contributed by atoms with van der Waals surface area (Å²) in [6.45, 7) is 3.49. The SMILES string of the molecule is COc1ccc(C(=O)CCC(=O)N2CCCn3nc(C(C)O)cc3C2)cc1. The van der Waals surface area contributed by atoms with E-state index < -0.39 is 6.10 Å². The number of hydrogen-bond donors (Lipinski definition) is 1. The van der Waals surface area contributed by atoms with Crippen LogP contribution in [0, 0.1) is 0 Å². The Balaban J connectivity index is 1.59. The van der Waals surface area contributed by atoms with Crippen LogP contribution in [0.1, 0.15) is 54.0 Å². The van der Waals surface area contributed by atoms with Crippen molar-refractivity contribution in [3.8, 4) is 5.75 Å². The molecule has 2 heterocycles. The van der Waals surface area contributed by atoms with E-state index >= 15 is 0 Å². The molecule has 1 amide bonds. The van der Waals surface area contributed by atoms with Crippen molar-refractivity contribution >= 4 is 11.7 Å². The van der Waals surface area contributed by atoms with E-state index in [1.165, 1.54) is 0 Å². The number of carbonyl (C=O) groups is 2. The van der Waals surface area contributed by atoms with Gasteiger partial charge in [-0.1, -0.05) is 0 Å². The molecule has 0 saturated carbocycles. The Morgan fingerprint density at radius 3 is 2.63 bits per heavy atom. The van der Waals surface area contributed by atoms with Gasteiger partial charge >= 0.3 is 0 Å². The van der Waals surface area contributed by atoms with Crippen LogP contribution in [0.25, 0.3) is 0 Å². The third-order valence-corrected chi connectivity index (χ3v) is 4.79. The van der Waals surface area contributed by atoms with Gasteiger partial charge in [0.1, 0.15) is 5.75 Å². The zero-order valence-electron chi connectivity index (χ0n) is 15.7. The highest BCUT2D eigenvalue weighted by Crippen LogP contribution is 2.19. The second-order valence-electron chi connectivity index (χ2n) is 6.78. The molecule has 7 nitrogen and oxygen atoms in total. The average molecular weight is 371 g/mol. The summed E-state index contributed by atoms with van der Waals surface area (Å²) in [7, 11) is 1.58. The van der Waals surface area contributed by atoms with E-state index in [2.05, 4.69) is 5.10 Å². The first-order valence-corrected chi connectivity index (χ1v) is 9.17. The van der Waals surface area contributed by atoms with Crippen LogP contribution in [0.15, 0.2) is 30.3 Å². The molecule has 0 saturated heterocycles. The summed E-state index contributed by atoms with van der Waals surface area (Å²) < 4.78 is 6.95. The van der Waals surface area contributed by atoms with Crippen LogP contribution < -0.4 is 4.74 Å². The highest BCUT2D eigenvalue weighted by atomic mass is 16.5. The first-order valence-electron chi connectivity index (χ1n) is 9.17. The van der Waals surface area contributed by atoms with Crippen LogP contribution in [0.4, 0.5) is 0 Å². The maximum Gasteiger partial charge on any atom is 0.223 e. The van der Waals surface area contributed by atoms with Gasteiger partial charge in [0.25, 0.3) is 0 Å². The zero-order valence-corrected chi connectivity index (χ0v) is 15.7. The summed E-state index contributed by atoms with van der Waals surface area (Å²) in [6, 6.07) is 8.76. The summed E-state index contributed by atoms with van der Waals surface area (Å²) in [5, 5.41) is 14.1. The number of nitrogens with zero attached hydrogens (tertiary/aromatic N) is 3. The predicted molar refractivity (Wildman–Crippen MR) is 99.5 cm³/mol. The molecular weight excluding hydrogens is 346 g/mol.